The Labute approximate surface area is 149 Å². The Kier molecular flexibility index (Phi) is 4.10. The van der Waals surface area contributed by atoms with Crippen LogP contribution in [-0.4, -0.2) is 30.3 Å². The van der Waals surface area contributed by atoms with Gasteiger partial charge in [-0.1, -0.05) is 6.07 Å². The van der Waals surface area contributed by atoms with Crippen LogP contribution in [0.2, 0.25) is 0 Å². The van der Waals surface area contributed by atoms with Crippen molar-refractivity contribution >= 4 is 11.4 Å². The van der Waals surface area contributed by atoms with E-state index in [1.807, 2.05) is 31.2 Å². The van der Waals surface area contributed by atoms with Gasteiger partial charge in [0.1, 0.15) is 17.8 Å². The molecule has 0 saturated carbocycles. The van der Waals surface area contributed by atoms with Crippen LogP contribution in [0.15, 0.2) is 61.4 Å². The molecule has 26 heavy (non-hydrogen) atoms. The molecule has 0 N–H and O–H groups in total. The normalized spacial score (nSPS) is 10.8. The third kappa shape index (κ3) is 3.27. The van der Waals surface area contributed by atoms with Crippen molar-refractivity contribution in [1.29, 1.82) is 0 Å². The quantitative estimate of drug-likeness (QED) is 0.517. The fourth-order valence-corrected chi connectivity index (χ4v) is 2.64. The van der Waals surface area contributed by atoms with Crippen LogP contribution in [0, 0.1) is 6.92 Å². The summed E-state index contributed by atoms with van der Waals surface area (Å²) in [5.74, 6) is 0.974. The summed E-state index contributed by atoms with van der Waals surface area (Å²) in [5.41, 5.74) is 2.60. The number of pyridine rings is 3. The Bertz CT molecular complexity index is 1080. The molecule has 7 nitrogen and oxygen atoms in total. The van der Waals surface area contributed by atoms with E-state index < -0.39 is 0 Å². The van der Waals surface area contributed by atoms with E-state index in [4.69, 9.17) is 4.74 Å². The molecule has 0 aliphatic rings. The topological polar surface area (TPSA) is 82.3 Å². The fourth-order valence-electron chi connectivity index (χ4n) is 2.64. The number of ether oxygens (including phenoxy) is 1. The van der Waals surface area contributed by atoms with Crippen molar-refractivity contribution in [2.45, 2.75) is 13.3 Å². The molecule has 0 saturated heterocycles. The third-order valence-corrected chi connectivity index (χ3v) is 3.80. The summed E-state index contributed by atoms with van der Waals surface area (Å²) in [4.78, 5) is 25.3. The molecule has 0 aliphatic heterocycles. The molecule has 4 rings (SSSR count). The Morgan fingerprint density at radius 1 is 1.15 bits per heavy atom. The Balaban J connectivity index is 1.69. The summed E-state index contributed by atoms with van der Waals surface area (Å²) < 4.78 is 7.39. The highest BCUT2D eigenvalue weighted by Gasteiger charge is 2.16. The second-order valence-corrected chi connectivity index (χ2v) is 5.84. The highest BCUT2D eigenvalue weighted by Crippen LogP contribution is 2.24. The zero-order valence-electron chi connectivity index (χ0n) is 14.0. The van der Waals surface area contributed by atoms with Crippen LogP contribution in [0.5, 0.6) is 11.5 Å². The molecule has 0 radical (unpaired) electrons. The van der Waals surface area contributed by atoms with Gasteiger partial charge in [-0.15, -0.1) is 0 Å². The molecule has 0 bridgehead atoms. The predicted molar refractivity (Wildman–Crippen MR) is 94.3 cm³/mol. The van der Waals surface area contributed by atoms with Gasteiger partial charge in [0.25, 0.3) is 0 Å². The van der Waals surface area contributed by atoms with Gasteiger partial charge < -0.3 is 4.74 Å². The molecule has 0 unspecified atom stereocenters. The van der Waals surface area contributed by atoms with E-state index in [9.17, 15) is 4.79 Å². The summed E-state index contributed by atoms with van der Waals surface area (Å²) in [6, 6.07) is 9.03. The minimum atomic E-state index is -0.102. The first-order chi connectivity index (χ1) is 12.7. The van der Waals surface area contributed by atoms with Gasteiger partial charge in [0.05, 0.1) is 24.4 Å². The standard InChI is InChI=1S/C19H15N5O2/c1-13-6-15(10-20-9-13)26-16-8-17(19-22-12-23-24(19)11-16)18(25)7-14-4-2-3-5-21-14/h2-6,8-12H,7H2,1H3. The number of carbonyl (C=O) groups is 1. The second kappa shape index (κ2) is 6.72. The first-order valence-electron chi connectivity index (χ1n) is 8.05. The van der Waals surface area contributed by atoms with E-state index in [0.29, 0.717) is 28.4 Å². The maximum atomic E-state index is 12.8. The molecule has 128 valence electrons. The number of hydrogen-bond acceptors (Lipinski definition) is 6. The van der Waals surface area contributed by atoms with Gasteiger partial charge in [0, 0.05) is 18.1 Å². The maximum Gasteiger partial charge on any atom is 0.172 e. The van der Waals surface area contributed by atoms with Gasteiger partial charge in [-0.25, -0.2) is 9.50 Å². The molecule has 4 heterocycles. The van der Waals surface area contributed by atoms with Crippen molar-refractivity contribution in [3.8, 4) is 11.5 Å². The number of ketones is 1. The van der Waals surface area contributed by atoms with E-state index in [2.05, 4.69) is 20.1 Å². The monoisotopic (exact) mass is 345 g/mol. The van der Waals surface area contributed by atoms with Crippen molar-refractivity contribution in [2.75, 3.05) is 0 Å². The molecular formula is C19H15N5O2. The number of Topliss-reactive ketones (excluding diaryl/α,β-unsaturated/α-hetero) is 1. The minimum absolute atomic E-state index is 0.102. The van der Waals surface area contributed by atoms with E-state index in [-0.39, 0.29) is 12.2 Å². The lowest BCUT2D eigenvalue weighted by molar-refractivity contribution is 0.0992. The van der Waals surface area contributed by atoms with E-state index in [1.165, 1.54) is 10.8 Å². The van der Waals surface area contributed by atoms with Crippen LogP contribution in [-0.2, 0) is 6.42 Å². The zero-order chi connectivity index (χ0) is 17.9. The van der Waals surface area contributed by atoms with Crippen molar-refractivity contribution < 1.29 is 9.53 Å². The molecule has 0 aromatic carbocycles. The summed E-state index contributed by atoms with van der Waals surface area (Å²) in [6.45, 7) is 1.93. The van der Waals surface area contributed by atoms with Crippen LogP contribution in [0.4, 0.5) is 0 Å². The predicted octanol–water partition coefficient (Wildman–Crippen LogP) is 3.05. The second-order valence-electron chi connectivity index (χ2n) is 5.84. The van der Waals surface area contributed by atoms with E-state index in [0.717, 1.165) is 5.56 Å². The van der Waals surface area contributed by atoms with E-state index in [1.54, 1.807) is 30.9 Å². The van der Waals surface area contributed by atoms with Crippen molar-refractivity contribution in [3.05, 3.63) is 78.3 Å². The summed E-state index contributed by atoms with van der Waals surface area (Å²) in [5, 5.41) is 4.13. The summed E-state index contributed by atoms with van der Waals surface area (Å²) in [7, 11) is 0. The molecular weight excluding hydrogens is 330 g/mol. The Morgan fingerprint density at radius 2 is 2.08 bits per heavy atom. The Morgan fingerprint density at radius 3 is 2.88 bits per heavy atom. The lowest BCUT2D eigenvalue weighted by Gasteiger charge is -2.09. The van der Waals surface area contributed by atoms with Crippen LogP contribution >= 0.6 is 0 Å². The molecule has 4 aromatic rings. The smallest absolute Gasteiger partial charge is 0.172 e. The number of rotatable bonds is 5. The van der Waals surface area contributed by atoms with Gasteiger partial charge >= 0.3 is 0 Å². The van der Waals surface area contributed by atoms with Gasteiger partial charge in [-0.05, 0) is 36.8 Å². The lowest BCUT2D eigenvalue weighted by atomic mass is 10.1. The third-order valence-electron chi connectivity index (χ3n) is 3.80. The fraction of sp³-hybridized carbons (Fsp3) is 0.105. The van der Waals surface area contributed by atoms with Crippen LogP contribution in [0.25, 0.3) is 5.65 Å². The summed E-state index contributed by atoms with van der Waals surface area (Å²) in [6.07, 6.45) is 8.30. The van der Waals surface area contributed by atoms with Crippen LogP contribution in [0.1, 0.15) is 21.6 Å². The lowest BCUT2D eigenvalue weighted by Crippen LogP contribution is -2.08. The van der Waals surface area contributed by atoms with Gasteiger partial charge in [0.15, 0.2) is 11.4 Å². The number of fused-ring (bicyclic) bond motifs is 1. The molecule has 0 fully saturated rings. The highest BCUT2D eigenvalue weighted by atomic mass is 16.5. The first kappa shape index (κ1) is 15.9. The molecule has 0 atom stereocenters. The van der Waals surface area contributed by atoms with Gasteiger partial charge in [-0.3, -0.25) is 14.8 Å². The maximum absolute atomic E-state index is 12.8. The largest absolute Gasteiger partial charge is 0.454 e. The van der Waals surface area contributed by atoms with Crippen LogP contribution < -0.4 is 4.74 Å². The first-order valence-corrected chi connectivity index (χ1v) is 8.05. The molecule has 0 aliphatic carbocycles. The van der Waals surface area contributed by atoms with Gasteiger partial charge in [-0.2, -0.15) is 5.10 Å². The van der Waals surface area contributed by atoms with Crippen molar-refractivity contribution in [2.24, 2.45) is 0 Å². The number of nitrogens with zero attached hydrogens (tertiary/aromatic N) is 5. The molecule has 4 aromatic heterocycles. The average molecular weight is 345 g/mol. The van der Waals surface area contributed by atoms with Crippen LogP contribution in [0.3, 0.4) is 0 Å². The van der Waals surface area contributed by atoms with E-state index >= 15 is 0 Å². The zero-order valence-corrected chi connectivity index (χ0v) is 14.0. The molecule has 0 spiro atoms. The minimum Gasteiger partial charge on any atom is -0.454 e. The van der Waals surface area contributed by atoms with Crippen molar-refractivity contribution in [1.82, 2.24) is 24.6 Å². The SMILES string of the molecule is Cc1cncc(Oc2cc(C(=O)Cc3ccccn3)c3ncnn3c2)c1. The summed E-state index contributed by atoms with van der Waals surface area (Å²) >= 11 is 0. The van der Waals surface area contributed by atoms with Crippen molar-refractivity contribution in [3.63, 3.8) is 0 Å². The molecule has 7 heteroatoms. The number of aromatic nitrogens is 5. The average Bonchev–Trinajstić information content (AvgIpc) is 3.10. The number of hydrogen-bond donors (Lipinski definition) is 0. The van der Waals surface area contributed by atoms with Gasteiger partial charge in [0.2, 0.25) is 0 Å². The Hall–Kier alpha value is -3.61. The molecule has 0 amide bonds. The number of carbonyl (C=O) groups excluding carboxylic acids is 1. The number of aryl methyl sites for hydroxylation is 1. The highest BCUT2D eigenvalue weighted by molar-refractivity contribution is 6.02.